The standard InChI is InChI=1S/C13H26N2O2/c1-13(2,3)17-12(16)15(10-9-14)11-7-5-4-6-8-11/h11H,4-10,14H2,1-3H3. The highest BCUT2D eigenvalue weighted by Gasteiger charge is 2.28. The summed E-state index contributed by atoms with van der Waals surface area (Å²) in [6.45, 7) is 6.78. The maximum Gasteiger partial charge on any atom is 0.410 e. The van der Waals surface area contributed by atoms with Crippen LogP contribution in [-0.4, -0.2) is 35.7 Å². The molecule has 0 bridgehead atoms. The van der Waals surface area contributed by atoms with Crippen molar-refractivity contribution in [2.24, 2.45) is 5.73 Å². The van der Waals surface area contributed by atoms with Crippen molar-refractivity contribution >= 4 is 6.09 Å². The van der Waals surface area contributed by atoms with Crippen LogP contribution in [0.1, 0.15) is 52.9 Å². The van der Waals surface area contributed by atoms with E-state index in [2.05, 4.69) is 0 Å². The molecule has 0 spiro atoms. The van der Waals surface area contributed by atoms with Crippen LogP contribution in [0.25, 0.3) is 0 Å². The lowest BCUT2D eigenvalue weighted by Crippen LogP contribution is -2.46. The molecule has 0 aromatic heterocycles. The average Bonchev–Trinajstić information content (AvgIpc) is 2.24. The van der Waals surface area contributed by atoms with E-state index in [0.29, 0.717) is 19.1 Å². The molecule has 1 amide bonds. The summed E-state index contributed by atoms with van der Waals surface area (Å²) in [5.41, 5.74) is 5.16. The molecule has 0 aromatic carbocycles. The minimum absolute atomic E-state index is 0.213. The SMILES string of the molecule is CC(C)(C)OC(=O)N(CCN)C1CCCCC1. The van der Waals surface area contributed by atoms with E-state index in [9.17, 15) is 4.79 Å². The number of carbonyl (C=O) groups is 1. The molecule has 1 rings (SSSR count). The van der Waals surface area contributed by atoms with Crippen molar-refractivity contribution in [3.05, 3.63) is 0 Å². The number of hydrogen-bond acceptors (Lipinski definition) is 3. The molecule has 0 saturated heterocycles. The van der Waals surface area contributed by atoms with Crippen LogP contribution in [-0.2, 0) is 4.74 Å². The van der Waals surface area contributed by atoms with Crippen LogP contribution >= 0.6 is 0 Å². The highest BCUT2D eigenvalue weighted by molar-refractivity contribution is 5.68. The fraction of sp³-hybridized carbons (Fsp3) is 0.923. The second-order valence-electron chi connectivity index (χ2n) is 5.75. The summed E-state index contributed by atoms with van der Waals surface area (Å²) in [7, 11) is 0. The lowest BCUT2D eigenvalue weighted by molar-refractivity contribution is 0.0129. The zero-order valence-electron chi connectivity index (χ0n) is 11.4. The van der Waals surface area contributed by atoms with Gasteiger partial charge in [0.05, 0.1) is 0 Å². The Kier molecular flexibility index (Phi) is 5.25. The second-order valence-corrected chi connectivity index (χ2v) is 5.75. The Hall–Kier alpha value is -0.770. The number of nitrogens with zero attached hydrogens (tertiary/aromatic N) is 1. The maximum absolute atomic E-state index is 12.1. The number of nitrogens with two attached hydrogens (primary N) is 1. The monoisotopic (exact) mass is 242 g/mol. The van der Waals surface area contributed by atoms with Crippen molar-refractivity contribution < 1.29 is 9.53 Å². The first-order chi connectivity index (χ1) is 7.94. The van der Waals surface area contributed by atoms with Crippen LogP contribution < -0.4 is 5.73 Å². The molecule has 17 heavy (non-hydrogen) atoms. The molecule has 4 heteroatoms. The lowest BCUT2D eigenvalue weighted by atomic mass is 9.94. The fourth-order valence-electron chi connectivity index (χ4n) is 2.28. The lowest BCUT2D eigenvalue weighted by Gasteiger charge is -2.35. The third-order valence-electron chi connectivity index (χ3n) is 3.01. The van der Waals surface area contributed by atoms with Gasteiger partial charge >= 0.3 is 6.09 Å². The van der Waals surface area contributed by atoms with E-state index in [1.807, 2.05) is 25.7 Å². The Morgan fingerprint density at radius 2 is 1.88 bits per heavy atom. The molecule has 0 radical (unpaired) electrons. The Bertz CT molecular complexity index is 242. The summed E-state index contributed by atoms with van der Waals surface area (Å²) in [5, 5.41) is 0. The Morgan fingerprint density at radius 1 is 1.29 bits per heavy atom. The minimum atomic E-state index is -0.432. The van der Waals surface area contributed by atoms with Crippen molar-refractivity contribution in [3.63, 3.8) is 0 Å². The smallest absolute Gasteiger partial charge is 0.410 e. The highest BCUT2D eigenvalue weighted by atomic mass is 16.6. The molecule has 0 atom stereocenters. The summed E-state index contributed by atoms with van der Waals surface area (Å²) in [6, 6.07) is 0.321. The second kappa shape index (κ2) is 6.24. The molecule has 0 unspecified atom stereocenters. The molecule has 1 aliphatic carbocycles. The summed E-state index contributed by atoms with van der Waals surface area (Å²) < 4.78 is 5.44. The molecule has 1 saturated carbocycles. The van der Waals surface area contributed by atoms with Crippen LogP contribution in [0.2, 0.25) is 0 Å². The fourth-order valence-corrected chi connectivity index (χ4v) is 2.28. The molecule has 2 N–H and O–H groups in total. The maximum atomic E-state index is 12.1. The third-order valence-corrected chi connectivity index (χ3v) is 3.01. The molecular formula is C13H26N2O2. The topological polar surface area (TPSA) is 55.6 Å². The highest BCUT2D eigenvalue weighted by Crippen LogP contribution is 2.23. The van der Waals surface area contributed by atoms with E-state index in [4.69, 9.17) is 10.5 Å². The van der Waals surface area contributed by atoms with Gasteiger partial charge in [-0.05, 0) is 33.6 Å². The van der Waals surface area contributed by atoms with E-state index in [1.165, 1.54) is 19.3 Å². The molecule has 1 fully saturated rings. The van der Waals surface area contributed by atoms with Crippen molar-refractivity contribution in [3.8, 4) is 0 Å². The van der Waals surface area contributed by atoms with E-state index < -0.39 is 5.60 Å². The number of carbonyl (C=O) groups excluding carboxylic acids is 1. The Labute approximate surface area is 104 Å². The molecule has 1 aliphatic rings. The number of rotatable bonds is 3. The van der Waals surface area contributed by atoms with Crippen LogP contribution in [0.3, 0.4) is 0 Å². The molecular weight excluding hydrogens is 216 g/mol. The molecule has 0 heterocycles. The van der Waals surface area contributed by atoms with E-state index in [-0.39, 0.29) is 6.09 Å². The van der Waals surface area contributed by atoms with Gasteiger partial charge in [0.2, 0.25) is 0 Å². The van der Waals surface area contributed by atoms with Crippen LogP contribution in [0.15, 0.2) is 0 Å². The quantitative estimate of drug-likeness (QED) is 0.827. The zero-order chi connectivity index (χ0) is 12.9. The van der Waals surface area contributed by atoms with Gasteiger partial charge in [-0.2, -0.15) is 0 Å². The summed E-state index contributed by atoms with van der Waals surface area (Å²) in [4.78, 5) is 13.9. The molecule has 100 valence electrons. The van der Waals surface area contributed by atoms with Crippen LogP contribution in [0, 0.1) is 0 Å². The van der Waals surface area contributed by atoms with Gasteiger partial charge in [0, 0.05) is 19.1 Å². The van der Waals surface area contributed by atoms with Gasteiger partial charge in [-0.15, -0.1) is 0 Å². The van der Waals surface area contributed by atoms with Gasteiger partial charge < -0.3 is 15.4 Å². The minimum Gasteiger partial charge on any atom is -0.444 e. The van der Waals surface area contributed by atoms with Crippen LogP contribution in [0.4, 0.5) is 4.79 Å². The number of ether oxygens (including phenoxy) is 1. The van der Waals surface area contributed by atoms with Gasteiger partial charge in [-0.1, -0.05) is 19.3 Å². The van der Waals surface area contributed by atoms with E-state index in [0.717, 1.165) is 12.8 Å². The summed E-state index contributed by atoms with van der Waals surface area (Å²) in [5.74, 6) is 0. The van der Waals surface area contributed by atoms with Crippen LogP contribution in [0.5, 0.6) is 0 Å². The zero-order valence-corrected chi connectivity index (χ0v) is 11.4. The first-order valence-corrected chi connectivity index (χ1v) is 6.64. The van der Waals surface area contributed by atoms with Gasteiger partial charge in [0.1, 0.15) is 5.60 Å². The van der Waals surface area contributed by atoms with Gasteiger partial charge in [-0.25, -0.2) is 4.79 Å². The predicted molar refractivity (Wildman–Crippen MR) is 68.9 cm³/mol. The summed E-state index contributed by atoms with van der Waals surface area (Å²) >= 11 is 0. The molecule has 0 aliphatic heterocycles. The van der Waals surface area contributed by atoms with Crippen molar-refractivity contribution in [1.29, 1.82) is 0 Å². The van der Waals surface area contributed by atoms with Gasteiger partial charge in [0.15, 0.2) is 0 Å². The van der Waals surface area contributed by atoms with Crippen molar-refractivity contribution in [1.82, 2.24) is 4.90 Å². The Balaban J connectivity index is 2.60. The summed E-state index contributed by atoms with van der Waals surface area (Å²) in [6.07, 6.45) is 5.64. The van der Waals surface area contributed by atoms with Gasteiger partial charge in [-0.3, -0.25) is 0 Å². The van der Waals surface area contributed by atoms with Crippen molar-refractivity contribution in [2.75, 3.05) is 13.1 Å². The normalized spacial score (nSPS) is 17.9. The van der Waals surface area contributed by atoms with Crippen molar-refractivity contribution in [2.45, 2.75) is 64.5 Å². The number of hydrogen-bond donors (Lipinski definition) is 1. The average molecular weight is 242 g/mol. The van der Waals surface area contributed by atoms with Gasteiger partial charge in [0.25, 0.3) is 0 Å². The first-order valence-electron chi connectivity index (χ1n) is 6.64. The van der Waals surface area contributed by atoms with E-state index in [1.54, 1.807) is 0 Å². The first kappa shape index (κ1) is 14.3. The number of amides is 1. The molecule has 4 nitrogen and oxygen atoms in total. The largest absolute Gasteiger partial charge is 0.444 e. The molecule has 0 aromatic rings. The predicted octanol–water partition coefficient (Wildman–Crippen LogP) is 2.51. The third kappa shape index (κ3) is 4.94. The van der Waals surface area contributed by atoms with E-state index >= 15 is 0 Å². The Morgan fingerprint density at radius 3 is 2.35 bits per heavy atom.